The predicted molar refractivity (Wildman–Crippen MR) is 124 cm³/mol. The molecule has 0 saturated heterocycles. The summed E-state index contributed by atoms with van der Waals surface area (Å²) in [6.45, 7) is 2.46. The van der Waals surface area contributed by atoms with Gasteiger partial charge in [0.25, 0.3) is 0 Å². The van der Waals surface area contributed by atoms with Gasteiger partial charge in [0.15, 0.2) is 11.4 Å². The molecule has 0 bridgehead atoms. The van der Waals surface area contributed by atoms with Crippen molar-refractivity contribution in [1.82, 2.24) is 4.90 Å². The number of primary amides is 1. The molecule has 6 atom stereocenters. The second-order valence-corrected chi connectivity index (χ2v) is 9.93. The number of rotatable bonds is 6. The summed E-state index contributed by atoms with van der Waals surface area (Å²) in [5.74, 6) is -7.10. The molecule has 0 radical (unpaired) electrons. The summed E-state index contributed by atoms with van der Waals surface area (Å²) in [5.41, 5.74) is 3.10. The number of benzene rings is 1. The van der Waals surface area contributed by atoms with Crippen molar-refractivity contribution in [2.45, 2.75) is 50.4 Å². The minimum absolute atomic E-state index is 0.0274. The highest BCUT2D eigenvalue weighted by molar-refractivity contribution is 6.25. The number of hydrogen-bond donors (Lipinski definition) is 5. The van der Waals surface area contributed by atoms with Gasteiger partial charge in [-0.2, -0.15) is 0 Å². The van der Waals surface area contributed by atoms with Gasteiger partial charge < -0.3 is 35.8 Å². The highest BCUT2D eigenvalue weighted by atomic mass is 16.5. The fourth-order valence-corrected chi connectivity index (χ4v) is 6.04. The molecule has 35 heavy (non-hydrogen) atoms. The number of aliphatic hydroxyl groups is 3. The zero-order valence-corrected chi connectivity index (χ0v) is 20.0. The molecule has 0 aliphatic heterocycles. The van der Waals surface area contributed by atoms with Gasteiger partial charge >= 0.3 is 0 Å². The molecule has 0 spiro atoms. The molecule has 2 fully saturated rings. The number of phenols is 1. The van der Waals surface area contributed by atoms with E-state index in [1.807, 2.05) is 6.92 Å². The molecule has 3 aliphatic rings. The molecule has 10 nitrogen and oxygen atoms in total. The van der Waals surface area contributed by atoms with E-state index in [2.05, 4.69) is 0 Å². The number of nitrogens with zero attached hydrogens (tertiary/aromatic N) is 1. The second-order valence-electron chi connectivity index (χ2n) is 9.93. The Morgan fingerprint density at radius 2 is 1.94 bits per heavy atom. The number of carbonyl (C=O) groups excluding carboxylic acids is 3. The summed E-state index contributed by atoms with van der Waals surface area (Å²) in [4.78, 5) is 40.6. The van der Waals surface area contributed by atoms with Crippen molar-refractivity contribution in [2.24, 2.45) is 23.5 Å². The number of unbranched alkanes of at least 4 members (excludes halogenated alkanes) is 1. The van der Waals surface area contributed by atoms with Gasteiger partial charge in [0.1, 0.15) is 23.2 Å². The smallest absolute Gasteiger partial charge is 0.230 e. The number of aromatic hydroxyl groups is 1. The van der Waals surface area contributed by atoms with E-state index in [-0.39, 0.29) is 29.7 Å². The summed E-state index contributed by atoms with van der Waals surface area (Å²) in [6.07, 6.45) is 0.502. The molecule has 1 aromatic carbocycles. The van der Waals surface area contributed by atoms with Crippen LogP contribution < -0.4 is 10.5 Å². The Hall–Kier alpha value is -2.95. The third kappa shape index (κ3) is 3.62. The zero-order valence-electron chi connectivity index (χ0n) is 20.0. The molecule has 3 aliphatic carbocycles. The van der Waals surface area contributed by atoms with Crippen LogP contribution in [0.25, 0.3) is 5.76 Å². The number of amides is 1. The molecule has 10 heteroatoms. The lowest BCUT2D eigenvalue weighted by atomic mass is 9.54. The molecule has 6 N–H and O–H groups in total. The van der Waals surface area contributed by atoms with Crippen molar-refractivity contribution in [3.8, 4) is 11.5 Å². The van der Waals surface area contributed by atoms with E-state index in [0.29, 0.717) is 17.9 Å². The third-order valence-corrected chi connectivity index (χ3v) is 7.68. The summed E-state index contributed by atoms with van der Waals surface area (Å²) < 4.78 is 5.88. The average Bonchev–Trinajstić information content (AvgIpc) is 2.77. The molecule has 2 saturated carbocycles. The van der Waals surface area contributed by atoms with Crippen molar-refractivity contribution in [3.05, 3.63) is 28.8 Å². The predicted octanol–water partition coefficient (Wildman–Crippen LogP) is 0.308. The first-order valence-corrected chi connectivity index (χ1v) is 11.8. The highest BCUT2D eigenvalue weighted by Crippen LogP contribution is 2.53. The molecule has 0 heterocycles. The van der Waals surface area contributed by atoms with Crippen LogP contribution in [0.4, 0.5) is 0 Å². The van der Waals surface area contributed by atoms with E-state index in [4.69, 9.17) is 10.5 Å². The Balaban J connectivity index is 1.86. The van der Waals surface area contributed by atoms with Gasteiger partial charge in [0.2, 0.25) is 11.7 Å². The standard InChI is InChI=1S/C25H32N2O8/c1-4-5-8-35-15-7-6-14(28)17-12(15)9-11-10-13-19(27(2)3)21(30)18(24(26)33)23(32)25(13,34)22(31)16(11)20(17)29/h6-7,11,13,18-19,21,28-30,34H,4-5,8-10H2,1-3H3,(H2,26,33)/t11-,13-,18?,19-,21?,25-/m0/s1. The number of aliphatic hydroxyl groups excluding tert-OH is 2. The number of carbonyl (C=O) groups is 3. The first kappa shape index (κ1) is 25.2. The van der Waals surface area contributed by atoms with Gasteiger partial charge in [-0.3, -0.25) is 14.4 Å². The van der Waals surface area contributed by atoms with Crippen molar-refractivity contribution < 1.29 is 39.5 Å². The van der Waals surface area contributed by atoms with Crippen LogP contribution in [0.3, 0.4) is 0 Å². The maximum Gasteiger partial charge on any atom is 0.230 e. The number of nitrogens with two attached hydrogens (primary N) is 1. The van der Waals surface area contributed by atoms with Crippen molar-refractivity contribution >= 4 is 23.2 Å². The largest absolute Gasteiger partial charge is 0.507 e. The van der Waals surface area contributed by atoms with Crippen LogP contribution >= 0.6 is 0 Å². The van der Waals surface area contributed by atoms with E-state index < -0.39 is 58.7 Å². The van der Waals surface area contributed by atoms with Gasteiger partial charge in [-0.15, -0.1) is 0 Å². The Morgan fingerprint density at radius 3 is 2.54 bits per heavy atom. The minimum atomic E-state index is -2.66. The number of fused-ring (bicyclic) bond motifs is 3. The van der Waals surface area contributed by atoms with Gasteiger partial charge in [-0.1, -0.05) is 13.3 Å². The topological polar surface area (TPSA) is 171 Å². The third-order valence-electron chi connectivity index (χ3n) is 7.68. The maximum atomic E-state index is 13.7. The van der Waals surface area contributed by atoms with Crippen LogP contribution in [-0.4, -0.2) is 81.2 Å². The van der Waals surface area contributed by atoms with Crippen LogP contribution in [0.5, 0.6) is 11.5 Å². The first-order chi connectivity index (χ1) is 16.5. The van der Waals surface area contributed by atoms with Crippen LogP contribution in [0.1, 0.15) is 37.3 Å². The van der Waals surface area contributed by atoms with Gasteiger partial charge in [0, 0.05) is 23.1 Å². The Labute approximate surface area is 203 Å². The number of ether oxygens (including phenoxy) is 1. The monoisotopic (exact) mass is 488 g/mol. The SMILES string of the molecule is CCCCOc1ccc(O)c2c1C[C@H]1C[C@H]3[C@H](N(C)C)C(O)C(C(N)=O)C(=O)[C@@]3(O)C(=O)C1=C2O. The number of ketones is 2. The summed E-state index contributed by atoms with van der Waals surface area (Å²) in [7, 11) is 3.23. The normalized spacial score (nSPS) is 32.2. The molecular formula is C25H32N2O8. The lowest BCUT2D eigenvalue weighted by Gasteiger charge is -2.53. The summed E-state index contributed by atoms with van der Waals surface area (Å²) >= 11 is 0. The van der Waals surface area contributed by atoms with Crippen LogP contribution in [0.15, 0.2) is 17.7 Å². The van der Waals surface area contributed by atoms with Crippen LogP contribution in [0.2, 0.25) is 0 Å². The Kier molecular flexibility index (Phi) is 6.41. The second kappa shape index (κ2) is 8.92. The molecule has 1 amide bonds. The lowest BCUT2D eigenvalue weighted by Crippen LogP contribution is -2.73. The first-order valence-electron chi connectivity index (χ1n) is 11.8. The highest BCUT2D eigenvalue weighted by Gasteiger charge is 2.67. The lowest BCUT2D eigenvalue weighted by molar-refractivity contribution is -0.184. The van der Waals surface area contributed by atoms with E-state index in [1.165, 1.54) is 6.07 Å². The van der Waals surface area contributed by atoms with Crippen molar-refractivity contribution in [3.63, 3.8) is 0 Å². The van der Waals surface area contributed by atoms with Gasteiger partial charge in [0.05, 0.1) is 18.3 Å². The van der Waals surface area contributed by atoms with E-state index in [1.54, 1.807) is 25.1 Å². The number of likely N-dealkylation sites (N-methyl/N-ethyl adjacent to an activating group) is 1. The number of hydrogen-bond acceptors (Lipinski definition) is 9. The summed E-state index contributed by atoms with van der Waals surface area (Å²) in [6, 6.07) is 2.04. The van der Waals surface area contributed by atoms with E-state index in [9.17, 15) is 34.8 Å². The van der Waals surface area contributed by atoms with Gasteiger partial charge in [-0.25, -0.2) is 0 Å². The zero-order chi connectivity index (χ0) is 25.8. The molecular weight excluding hydrogens is 456 g/mol. The Morgan fingerprint density at radius 1 is 1.26 bits per heavy atom. The molecule has 0 aromatic heterocycles. The minimum Gasteiger partial charge on any atom is -0.507 e. The number of phenolic OH excluding ortho intramolecular Hbond substituents is 1. The molecule has 1 aromatic rings. The quantitative estimate of drug-likeness (QED) is 0.279. The molecule has 4 rings (SSSR count). The summed E-state index contributed by atoms with van der Waals surface area (Å²) in [5, 5.41) is 44.2. The molecule has 2 unspecified atom stereocenters. The van der Waals surface area contributed by atoms with Gasteiger partial charge in [-0.05, 0) is 51.4 Å². The van der Waals surface area contributed by atoms with Crippen LogP contribution in [-0.2, 0) is 20.8 Å². The van der Waals surface area contributed by atoms with E-state index >= 15 is 0 Å². The fraction of sp³-hybridized carbons (Fsp3) is 0.560. The maximum absolute atomic E-state index is 13.7. The van der Waals surface area contributed by atoms with Crippen molar-refractivity contribution in [2.75, 3.05) is 20.7 Å². The Bertz CT molecular complexity index is 1110. The average molecular weight is 489 g/mol. The molecule has 190 valence electrons. The van der Waals surface area contributed by atoms with Crippen LogP contribution in [0, 0.1) is 17.8 Å². The van der Waals surface area contributed by atoms with Crippen molar-refractivity contribution in [1.29, 1.82) is 0 Å². The number of Topliss-reactive ketones (excluding diaryl/α,β-unsaturated/α-hetero) is 2. The van der Waals surface area contributed by atoms with E-state index in [0.717, 1.165) is 12.8 Å². The fourth-order valence-electron chi connectivity index (χ4n) is 6.04.